The third kappa shape index (κ3) is 3.72. The summed E-state index contributed by atoms with van der Waals surface area (Å²) in [6, 6.07) is 16.9. The monoisotopic (exact) mass is 345 g/mol. The molecule has 1 aliphatic carbocycles. The zero-order valence-corrected chi connectivity index (χ0v) is 14.2. The molecule has 2 aromatic carbocycles. The third-order valence-corrected chi connectivity index (χ3v) is 4.43. The van der Waals surface area contributed by atoms with Gasteiger partial charge in [-0.25, -0.2) is 0 Å². The van der Waals surface area contributed by atoms with E-state index < -0.39 is 0 Å². The van der Waals surface area contributed by atoms with Crippen LogP contribution in [0.15, 0.2) is 60.8 Å². The first-order valence-corrected chi connectivity index (χ1v) is 8.72. The van der Waals surface area contributed by atoms with Crippen molar-refractivity contribution >= 4 is 34.1 Å². The molecule has 0 atom stereocenters. The van der Waals surface area contributed by atoms with Crippen LogP contribution in [0.4, 0.5) is 11.4 Å². The fourth-order valence-electron chi connectivity index (χ4n) is 2.95. The maximum atomic E-state index is 12.5. The summed E-state index contributed by atoms with van der Waals surface area (Å²) >= 11 is 0. The SMILES string of the molecule is O=C(Cc1cccc2cccnc12)Nc1cccc(NC(=O)C2CC2)c1. The minimum absolute atomic E-state index is 0.0512. The van der Waals surface area contributed by atoms with E-state index in [-0.39, 0.29) is 24.2 Å². The van der Waals surface area contributed by atoms with Crippen LogP contribution < -0.4 is 10.6 Å². The molecule has 2 N–H and O–H groups in total. The van der Waals surface area contributed by atoms with Crippen LogP contribution in [0, 0.1) is 5.92 Å². The highest BCUT2D eigenvalue weighted by Crippen LogP contribution is 2.30. The summed E-state index contributed by atoms with van der Waals surface area (Å²) < 4.78 is 0. The van der Waals surface area contributed by atoms with Crippen LogP contribution in [-0.2, 0) is 16.0 Å². The van der Waals surface area contributed by atoms with E-state index in [2.05, 4.69) is 15.6 Å². The number of hydrogen-bond donors (Lipinski definition) is 2. The van der Waals surface area contributed by atoms with Gasteiger partial charge in [-0.1, -0.05) is 30.3 Å². The van der Waals surface area contributed by atoms with Gasteiger partial charge in [0.1, 0.15) is 0 Å². The van der Waals surface area contributed by atoms with E-state index in [0.717, 1.165) is 29.3 Å². The molecule has 4 rings (SSSR count). The van der Waals surface area contributed by atoms with Crippen LogP contribution >= 0.6 is 0 Å². The Kier molecular flexibility index (Phi) is 4.35. The van der Waals surface area contributed by atoms with Crippen molar-refractivity contribution in [3.63, 3.8) is 0 Å². The second-order valence-electron chi connectivity index (χ2n) is 6.56. The van der Waals surface area contributed by atoms with Gasteiger partial charge < -0.3 is 10.6 Å². The zero-order chi connectivity index (χ0) is 17.9. The number of amides is 2. The van der Waals surface area contributed by atoms with Gasteiger partial charge in [0.25, 0.3) is 0 Å². The quantitative estimate of drug-likeness (QED) is 0.739. The molecule has 0 saturated heterocycles. The average molecular weight is 345 g/mol. The third-order valence-electron chi connectivity index (χ3n) is 4.43. The number of aromatic nitrogens is 1. The molecule has 1 saturated carbocycles. The maximum Gasteiger partial charge on any atom is 0.228 e. The zero-order valence-electron chi connectivity index (χ0n) is 14.2. The highest BCUT2D eigenvalue weighted by atomic mass is 16.2. The van der Waals surface area contributed by atoms with Crippen LogP contribution in [0.2, 0.25) is 0 Å². The fraction of sp³-hybridized carbons (Fsp3) is 0.190. The molecular formula is C21H19N3O2. The van der Waals surface area contributed by atoms with Gasteiger partial charge in [0.2, 0.25) is 11.8 Å². The number of carbonyl (C=O) groups is 2. The summed E-state index contributed by atoms with van der Waals surface area (Å²) in [5.41, 5.74) is 3.10. The van der Waals surface area contributed by atoms with Crippen LogP contribution in [0.3, 0.4) is 0 Å². The molecule has 130 valence electrons. The first-order chi connectivity index (χ1) is 12.7. The van der Waals surface area contributed by atoms with Gasteiger partial charge in [0, 0.05) is 28.9 Å². The number of pyridine rings is 1. The first-order valence-electron chi connectivity index (χ1n) is 8.72. The highest BCUT2D eigenvalue weighted by Gasteiger charge is 2.29. The Bertz CT molecular complexity index is 974. The molecule has 1 heterocycles. The number of anilines is 2. The van der Waals surface area contributed by atoms with Crippen molar-refractivity contribution in [2.24, 2.45) is 5.92 Å². The summed E-state index contributed by atoms with van der Waals surface area (Å²) in [6.45, 7) is 0. The summed E-state index contributed by atoms with van der Waals surface area (Å²) in [4.78, 5) is 28.7. The molecular weight excluding hydrogens is 326 g/mol. The van der Waals surface area contributed by atoms with E-state index in [4.69, 9.17) is 0 Å². The Hall–Kier alpha value is -3.21. The summed E-state index contributed by atoms with van der Waals surface area (Å²) in [7, 11) is 0. The number of hydrogen-bond acceptors (Lipinski definition) is 3. The normalized spacial score (nSPS) is 13.4. The van der Waals surface area contributed by atoms with Gasteiger partial charge in [0.15, 0.2) is 0 Å². The number of fused-ring (bicyclic) bond motifs is 1. The smallest absolute Gasteiger partial charge is 0.228 e. The molecule has 3 aromatic rings. The van der Waals surface area contributed by atoms with Gasteiger partial charge in [0.05, 0.1) is 11.9 Å². The predicted octanol–water partition coefficient (Wildman–Crippen LogP) is 3.76. The van der Waals surface area contributed by atoms with Crippen molar-refractivity contribution < 1.29 is 9.59 Å². The van der Waals surface area contributed by atoms with Gasteiger partial charge in [-0.15, -0.1) is 0 Å². The summed E-state index contributed by atoms with van der Waals surface area (Å²) in [5.74, 6) is 0.0798. The standard InChI is InChI=1S/C21H19N3O2/c25-19(12-16-5-1-4-14-6-3-11-22-20(14)16)23-17-7-2-8-18(13-17)24-21(26)15-9-10-15/h1-8,11,13,15H,9-10,12H2,(H,23,25)(H,24,26). The van der Waals surface area contributed by atoms with Crippen molar-refractivity contribution in [1.29, 1.82) is 0 Å². The Balaban J connectivity index is 1.45. The second-order valence-corrected chi connectivity index (χ2v) is 6.56. The molecule has 0 spiro atoms. The Labute approximate surface area is 151 Å². The van der Waals surface area contributed by atoms with Crippen molar-refractivity contribution in [1.82, 2.24) is 4.98 Å². The maximum absolute atomic E-state index is 12.5. The van der Waals surface area contributed by atoms with Crippen molar-refractivity contribution in [3.8, 4) is 0 Å². The minimum Gasteiger partial charge on any atom is -0.326 e. The Morgan fingerprint density at radius 1 is 0.962 bits per heavy atom. The number of carbonyl (C=O) groups excluding carboxylic acids is 2. The van der Waals surface area contributed by atoms with E-state index in [0.29, 0.717) is 11.4 Å². The second kappa shape index (κ2) is 6.96. The number of para-hydroxylation sites is 1. The molecule has 2 amide bonds. The number of benzene rings is 2. The van der Waals surface area contributed by atoms with Crippen molar-refractivity contribution in [2.75, 3.05) is 10.6 Å². The van der Waals surface area contributed by atoms with E-state index in [1.807, 2.05) is 48.5 Å². The highest BCUT2D eigenvalue weighted by molar-refractivity contribution is 5.97. The lowest BCUT2D eigenvalue weighted by atomic mass is 10.1. The van der Waals surface area contributed by atoms with Gasteiger partial charge in [-0.2, -0.15) is 0 Å². The summed E-state index contributed by atoms with van der Waals surface area (Å²) in [5, 5.41) is 6.80. The molecule has 0 unspecified atom stereocenters. The lowest BCUT2D eigenvalue weighted by Gasteiger charge is -2.09. The van der Waals surface area contributed by atoms with E-state index >= 15 is 0 Å². The molecule has 1 aromatic heterocycles. The molecule has 0 aliphatic heterocycles. The van der Waals surface area contributed by atoms with Gasteiger partial charge >= 0.3 is 0 Å². The number of nitrogens with zero attached hydrogens (tertiary/aromatic N) is 1. The first kappa shape index (κ1) is 16.3. The average Bonchev–Trinajstić information content (AvgIpc) is 3.47. The molecule has 1 aliphatic rings. The molecule has 5 nitrogen and oxygen atoms in total. The van der Waals surface area contributed by atoms with Crippen molar-refractivity contribution in [3.05, 3.63) is 66.4 Å². The molecule has 0 bridgehead atoms. The number of rotatable bonds is 5. The number of nitrogens with one attached hydrogen (secondary N) is 2. The minimum atomic E-state index is -0.117. The molecule has 1 fully saturated rings. The van der Waals surface area contributed by atoms with Crippen LogP contribution in [0.5, 0.6) is 0 Å². The molecule has 26 heavy (non-hydrogen) atoms. The van der Waals surface area contributed by atoms with E-state index in [9.17, 15) is 9.59 Å². The van der Waals surface area contributed by atoms with E-state index in [1.54, 1.807) is 12.3 Å². The van der Waals surface area contributed by atoms with Crippen LogP contribution in [-0.4, -0.2) is 16.8 Å². The van der Waals surface area contributed by atoms with Crippen LogP contribution in [0.25, 0.3) is 10.9 Å². The largest absolute Gasteiger partial charge is 0.326 e. The predicted molar refractivity (Wildman–Crippen MR) is 102 cm³/mol. The molecule has 0 radical (unpaired) electrons. The van der Waals surface area contributed by atoms with Crippen molar-refractivity contribution in [2.45, 2.75) is 19.3 Å². The Morgan fingerprint density at radius 3 is 2.50 bits per heavy atom. The van der Waals surface area contributed by atoms with E-state index in [1.165, 1.54) is 0 Å². The summed E-state index contributed by atoms with van der Waals surface area (Å²) in [6.07, 6.45) is 3.89. The van der Waals surface area contributed by atoms with Crippen LogP contribution in [0.1, 0.15) is 18.4 Å². The lowest BCUT2D eigenvalue weighted by Crippen LogP contribution is -2.16. The van der Waals surface area contributed by atoms with Gasteiger partial charge in [-0.3, -0.25) is 14.6 Å². The fourth-order valence-corrected chi connectivity index (χ4v) is 2.95. The Morgan fingerprint density at radius 2 is 1.69 bits per heavy atom. The molecule has 5 heteroatoms. The topological polar surface area (TPSA) is 71.1 Å². The lowest BCUT2D eigenvalue weighted by molar-refractivity contribution is -0.117. The van der Waals surface area contributed by atoms with Gasteiger partial charge in [-0.05, 0) is 42.7 Å².